The Hall–Kier alpha value is -2.13. The summed E-state index contributed by atoms with van der Waals surface area (Å²) < 4.78 is 0. The molecule has 2 aromatic rings. The highest BCUT2D eigenvalue weighted by Crippen LogP contribution is 2.41. The SMILES string of the molecule is NC1=Nc2ccccc2C1(O)c1ccccc1. The molecule has 0 fully saturated rings. The Morgan fingerprint density at radius 2 is 1.59 bits per heavy atom. The van der Waals surface area contributed by atoms with Gasteiger partial charge in [0.2, 0.25) is 0 Å². The van der Waals surface area contributed by atoms with E-state index in [-0.39, 0.29) is 5.84 Å². The molecule has 1 heterocycles. The normalized spacial score (nSPS) is 22.1. The molecule has 17 heavy (non-hydrogen) atoms. The van der Waals surface area contributed by atoms with E-state index in [1.807, 2.05) is 54.6 Å². The summed E-state index contributed by atoms with van der Waals surface area (Å²) in [6, 6.07) is 16.8. The van der Waals surface area contributed by atoms with E-state index in [4.69, 9.17) is 5.73 Å². The zero-order valence-corrected chi connectivity index (χ0v) is 9.17. The van der Waals surface area contributed by atoms with Crippen LogP contribution in [0.2, 0.25) is 0 Å². The van der Waals surface area contributed by atoms with Gasteiger partial charge in [-0.1, -0.05) is 48.5 Å². The zero-order chi connectivity index (χ0) is 11.9. The standard InChI is InChI=1S/C14H12N2O/c15-13-14(17,10-6-2-1-3-7-10)11-8-4-5-9-12(11)16-13/h1-9,17H,(H2,15,16). The number of aliphatic hydroxyl groups is 1. The molecule has 84 valence electrons. The van der Waals surface area contributed by atoms with E-state index in [0.29, 0.717) is 0 Å². The van der Waals surface area contributed by atoms with Crippen LogP contribution < -0.4 is 5.73 Å². The van der Waals surface area contributed by atoms with Gasteiger partial charge in [0.15, 0.2) is 5.60 Å². The number of nitrogens with two attached hydrogens (primary N) is 1. The smallest absolute Gasteiger partial charge is 0.174 e. The van der Waals surface area contributed by atoms with Gasteiger partial charge in [-0.3, -0.25) is 0 Å². The maximum atomic E-state index is 10.8. The Balaban J connectivity index is 2.25. The minimum absolute atomic E-state index is 0.227. The summed E-state index contributed by atoms with van der Waals surface area (Å²) in [7, 11) is 0. The first-order valence-corrected chi connectivity index (χ1v) is 5.45. The van der Waals surface area contributed by atoms with E-state index in [1.165, 1.54) is 0 Å². The van der Waals surface area contributed by atoms with Crippen LogP contribution in [0.15, 0.2) is 59.6 Å². The molecule has 0 radical (unpaired) electrons. The molecular weight excluding hydrogens is 212 g/mol. The molecule has 1 atom stereocenters. The first-order valence-electron chi connectivity index (χ1n) is 5.45. The van der Waals surface area contributed by atoms with E-state index in [2.05, 4.69) is 4.99 Å². The second-order valence-electron chi connectivity index (χ2n) is 4.09. The summed E-state index contributed by atoms with van der Waals surface area (Å²) >= 11 is 0. The second kappa shape index (κ2) is 3.43. The first kappa shape index (κ1) is 10.1. The van der Waals surface area contributed by atoms with Crippen LogP contribution in [-0.4, -0.2) is 10.9 Å². The largest absolute Gasteiger partial charge is 0.384 e. The van der Waals surface area contributed by atoms with Crippen molar-refractivity contribution < 1.29 is 5.11 Å². The van der Waals surface area contributed by atoms with Gasteiger partial charge in [-0.25, -0.2) is 4.99 Å². The highest BCUT2D eigenvalue weighted by molar-refractivity contribution is 6.00. The number of rotatable bonds is 1. The van der Waals surface area contributed by atoms with Gasteiger partial charge in [0.25, 0.3) is 0 Å². The molecule has 3 N–H and O–H groups in total. The molecule has 0 aromatic heterocycles. The van der Waals surface area contributed by atoms with Crippen LogP contribution in [0.5, 0.6) is 0 Å². The number of aliphatic imine (C=N–C) groups is 1. The number of hydrogen-bond acceptors (Lipinski definition) is 3. The quantitative estimate of drug-likeness (QED) is 0.777. The summed E-state index contributed by atoms with van der Waals surface area (Å²) in [5, 5.41) is 10.8. The van der Waals surface area contributed by atoms with Crippen molar-refractivity contribution in [2.45, 2.75) is 5.60 Å². The average Bonchev–Trinajstić information content (AvgIpc) is 2.64. The Morgan fingerprint density at radius 3 is 2.35 bits per heavy atom. The van der Waals surface area contributed by atoms with Crippen LogP contribution in [-0.2, 0) is 5.60 Å². The van der Waals surface area contributed by atoms with Crippen LogP contribution in [0, 0.1) is 0 Å². The lowest BCUT2D eigenvalue weighted by Gasteiger charge is -2.24. The number of hydrogen-bond donors (Lipinski definition) is 2. The molecule has 3 rings (SSSR count). The predicted molar refractivity (Wildman–Crippen MR) is 67.2 cm³/mol. The van der Waals surface area contributed by atoms with E-state index in [9.17, 15) is 5.11 Å². The van der Waals surface area contributed by atoms with Gasteiger partial charge in [0.1, 0.15) is 5.84 Å². The van der Waals surface area contributed by atoms with Gasteiger partial charge in [0.05, 0.1) is 5.69 Å². The third-order valence-corrected chi connectivity index (χ3v) is 3.10. The molecule has 1 aliphatic heterocycles. The van der Waals surface area contributed by atoms with Crippen molar-refractivity contribution >= 4 is 11.5 Å². The fourth-order valence-electron chi connectivity index (χ4n) is 2.21. The van der Waals surface area contributed by atoms with E-state index in [0.717, 1.165) is 16.8 Å². The molecule has 0 saturated carbocycles. The summed E-state index contributed by atoms with van der Waals surface area (Å²) in [6.45, 7) is 0. The van der Waals surface area contributed by atoms with Crippen LogP contribution in [0.3, 0.4) is 0 Å². The van der Waals surface area contributed by atoms with Crippen molar-refractivity contribution in [3.8, 4) is 0 Å². The molecule has 0 saturated heterocycles. The molecule has 1 aliphatic rings. The number of fused-ring (bicyclic) bond motifs is 1. The van der Waals surface area contributed by atoms with Gasteiger partial charge >= 0.3 is 0 Å². The number of benzene rings is 2. The Bertz CT molecular complexity index is 592. The number of amidine groups is 1. The Morgan fingerprint density at radius 1 is 0.941 bits per heavy atom. The minimum atomic E-state index is -1.29. The molecule has 3 heteroatoms. The molecule has 2 aromatic carbocycles. The summed E-state index contributed by atoms with van der Waals surface area (Å²) in [5.74, 6) is 0.227. The van der Waals surface area contributed by atoms with Gasteiger partial charge in [-0.2, -0.15) is 0 Å². The number of nitrogens with zero attached hydrogens (tertiary/aromatic N) is 1. The van der Waals surface area contributed by atoms with Crippen LogP contribution in [0.25, 0.3) is 0 Å². The van der Waals surface area contributed by atoms with Crippen molar-refractivity contribution in [2.75, 3.05) is 0 Å². The van der Waals surface area contributed by atoms with Gasteiger partial charge in [0, 0.05) is 5.56 Å². The van der Waals surface area contributed by atoms with Crippen LogP contribution in [0.4, 0.5) is 5.69 Å². The number of para-hydroxylation sites is 1. The molecule has 3 nitrogen and oxygen atoms in total. The molecule has 0 spiro atoms. The highest BCUT2D eigenvalue weighted by atomic mass is 16.3. The summed E-state index contributed by atoms with van der Waals surface area (Å²) in [5.41, 5.74) is 6.82. The molecule has 0 amide bonds. The summed E-state index contributed by atoms with van der Waals surface area (Å²) in [4.78, 5) is 4.23. The Kier molecular flexibility index (Phi) is 2.03. The highest BCUT2D eigenvalue weighted by Gasteiger charge is 2.41. The maximum Gasteiger partial charge on any atom is 0.174 e. The zero-order valence-electron chi connectivity index (χ0n) is 9.17. The van der Waals surface area contributed by atoms with Crippen LogP contribution >= 0.6 is 0 Å². The first-order chi connectivity index (χ1) is 8.23. The molecule has 0 aliphatic carbocycles. The third-order valence-electron chi connectivity index (χ3n) is 3.10. The van der Waals surface area contributed by atoms with Crippen molar-refractivity contribution in [3.05, 3.63) is 65.7 Å². The minimum Gasteiger partial charge on any atom is -0.384 e. The molecule has 1 unspecified atom stereocenters. The van der Waals surface area contributed by atoms with E-state index >= 15 is 0 Å². The van der Waals surface area contributed by atoms with Gasteiger partial charge < -0.3 is 10.8 Å². The van der Waals surface area contributed by atoms with Gasteiger partial charge in [-0.15, -0.1) is 0 Å². The van der Waals surface area contributed by atoms with E-state index in [1.54, 1.807) is 0 Å². The molecule has 0 bridgehead atoms. The van der Waals surface area contributed by atoms with Crippen molar-refractivity contribution in [3.63, 3.8) is 0 Å². The van der Waals surface area contributed by atoms with Crippen LogP contribution in [0.1, 0.15) is 11.1 Å². The van der Waals surface area contributed by atoms with Crippen molar-refractivity contribution in [1.82, 2.24) is 0 Å². The fraction of sp³-hybridized carbons (Fsp3) is 0.0714. The molecular formula is C14H12N2O. The van der Waals surface area contributed by atoms with Gasteiger partial charge in [-0.05, 0) is 11.6 Å². The fourth-order valence-corrected chi connectivity index (χ4v) is 2.21. The average molecular weight is 224 g/mol. The van der Waals surface area contributed by atoms with Crippen molar-refractivity contribution in [2.24, 2.45) is 10.7 Å². The second-order valence-corrected chi connectivity index (χ2v) is 4.09. The lowest BCUT2D eigenvalue weighted by atomic mass is 9.86. The topological polar surface area (TPSA) is 58.6 Å². The maximum absolute atomic E-state index is 10.8. The Labute approximate surface area is 99.2 Å². The third kappa shape index (κ3) is 1.29. The summed E-state index contributed by atoms with van der Waals surface area (Å²) in [6.07, 6.45) is 0. The van der Waals surface area contributed by atoms with Crippen molar-refractivity contribution in [1.29, 1.82) is 0 Å². The monoisotopic (exact) mass is 224 g/mol. The predicted octanol–water partition coefficient (Wildman–Crippen LogP) is 1.92. The lowest BCUT2D eigenvalue weighted by Crippen LogP contribution is -2.39. The lowest BCUT2D eigenvalue weighted by molar-refractivity contribution is 0.158. The van der Waals surface area contributed by atoms with E-state index < -0.39 is 5.60 Å².